The Balaban J connectivity index is 1.67. The first-order chi connectivity index (χ1) is 15.4. The van der Waals surface area contributed by atoms with Gasteiger partial charge in [-0.2, -0.15) is 19.0 Å². The molecule has 1 atom stereocenters. The van der Waals surface area contributed by atoms with Crippen LogP contribution in [0.2, 0.25) is 10.0 Å². The highest BCUT2D eigenvalue weighted by Gasteiger charge is 2.40. The molecular weight excluding hydrogens is 469 g/mol. The quantitative estimate of drug-likeness (QED) is 0.555. The maximum atomic E-state index is 12.5. The van der Waals surface area contributed by atoms with Crippen molar-refractivity contribution in [2.75, 3.05) is 24.7 Å². The zero-order chi connectivity index (χ0) is 22.8. The number of hydrazine groups is 1. The first kappa shape index (κ1) is 22.1. The normalized spacial score (nSPS) is 18.1. The molecule has 0 bridgehead atoms. The number of hydrazone groups is 1. The zero-order valence-corrected chi connectivity index (χ0v) is 17.8. The van der Waals surface area contributed by atoms with E-state index in [0.29, 0.717) is 29.3 Å². The lowest BCUT2D eigenvalue weighted by Gasteiger charge is -2.28. The third kappa shape index (κ3) is 4.42. The van der Waals surface area contributed by atoms with Gasteiger partial charge in [0.1, 0.15) is 18.4 Å². The molecule has 2 aromatic carbocycles. The van der Waals surface area contributed by atoms with Crippen LogP contribution in [0.15, 0.2) is 47.6 Å². The van der Waals surface area contributed by atoms with Crippen molar-refractivity contribution in [2.24, 2.45) is 5.10 Å². The number of anilines is 1. The van der Waals surface area contributed by atoms with E-state index < -0.39 is 18.7 Å². The highest BCUT2D eigenvalue weighted by atomic mass is 35.5. The van der Waals surface area contributed by atoms with Crippen LogP contribution in [0.25, 0.3) is 0 Å². The van der Waals surface area contributed by atoms with Gasteiger partial charge in [-0.25, -0.2) is 9.80 Å². The lowest BCUT2D eigenvalue weighted by atomic mass is 10.0. The van der Waals surface area contributed by atoms with E-state index in [1.54, 1.807) is 24.3 Å². The third-order valence-corrected chi connectivity index (χ3v) is 5.48. The van der Waals surface area contributed by atoms with Crippen molar-refractivity contribution in [2.45, 2.75) is 12.7 Å². The molecule has 12 heteroatoms. The van der Waals surface area contributed by atoms with Gasteiger partial charge in [-0.3, -0.25) is 9.69 Å². The minimum absolute atomic E-state index is 0.101. The number of halogens is 4. The SMILES string of the molecule is O=CN(c1ccc(OC(F)F)c(Cl)c1)N1CC(N2CCOC2=O)C(c2ccc(Cl)cc2)=N1. The van der Waals surface area contributed by atoms with E-state index in [-0.39, 0.29) is 29.6 Å². The Kier molecular flexibility index (Phi) is 6.33. The molecule has 2 aliphatic heterocycles. The van der Waals surface area contributed by atoms with Crippen molar-refractivity contribution >= 4 is 47.1 Å². The van der Waals surface area contributed by atoms with Crippen molar-refractivity contribution in [1.82, 2.24) is 10.0 Å². The van der Waals surface area contributed by atoms with Crippen molar-refractivity contribution in [3.8, 4) is 5.75 Å². The van der Waals surface area contributed by atoms with E-state index in [1.165, 1.54) is 28.2 Å². The fraction of sp³-hybridized carbons (Fsp3) is 0.250. The molecule has 0 spiro atoms. The maximum absolute atomic E-state index is 12.5. The molecule has 0 aliphatic carbocycles. The van der Waals surface area contributed by atoms with Crippen molar-refractivity contribution in [3.63, 3.8) is 0 Å². The molecule has 1 fully saturated rings. The second-order valence-corrected chi connectivity index (χ2v) is 7.66. The number of amides is 2. The maximum Gasteiger partial charge on any atom is 0.410 e. The third-order valence-electron chi connectivity index (χ3n) is 4.93. The summed E-state index contributed by atoms with van der Waals surface area (Å²) in [5.74, 6) is -0.222. The number of benzene rings is 2. The smallest absolute Gasteiger partial charge is 0.410 e. The van der Waals surface area contributed by atoms with Crippen molar-refractivity contribution < 1.29 is 27.8 Å². The van der Waals surface area contributed by atoms with E-state index >= 15 is 0 Å². The number of carbonyl (C=O) groups is 2. The summed E-state index contributed by atoms with van der Waals surface area (Å²) in [4.78, 5) is 25.7. The van der Waals surface area contributed by atoms with Gasteiger partial charge in [-0.1, -0.05) is 35.3 Å². The molecule has 2 amide bonds. The first-order valence-corrected chi connectivity index (χ1v) is 10.2. The van der Waals surface area contributed by atoms with E-state index in [2.05, 4.69) is 9.84 Å². The van der Waals surface area contributed by atoms with Gasteiger partial charge in [-0.15, -0.1) is 0 Å². The van der Waals surface area contributed by atoms with Crippen LogP contribution in [-0.2, 0) is 9.53 Å². The minimum atomic E-state index is -3.04. The summed E-state index contributed by atoms with van der Waals surface area (Å²) in [6.07, 6.45) is 0.0279. The number of carbonyl (C=O) groups excluding carboxylic acids is 2. The number of hydrogen-bond donors (Lipinski definition) is 0. The van der Waals surface area contributed by atoms with Crippen LogP contribution >= 0.6 is 23.2 Å². The van der Waals surface area contributed by atoms with Crippen molar-refractivity contribution in [1.29, 1.82) is 0 Å². The molecule has 1 unspecified atom stereocenters. The number of alkyl halides is 2. The number of rotatable bonds is 7. The van der Waals surface area contributed by atoms with Crippen LogP contribution in [0, 0.1) is 0 Å². The van der Waals surface area contributed by atoms with Crippen LogP contribution in [0.1, 0.15) is 5.56 Å². The summed E-state index contributed by atoms with van der Waals surface area (Å²) in [7, 11) is 0. The number of nitrogens with zero attached hydrogens (tertiary/aromatic N) is 4. The van der Waals surface area contributed by atoms with Gasteiger partial charge in [0.2, 0.25) is 6.41 Å². The van der Waals surface area contributed by atoms with E-state index in [1.807, 2.05) is 0 Å². The highest BCUT2D eigenvalue weighted by Crippen LogP contribution is 2.32. The van der Waals surface area contributed by atoms with E-state index in [4.69, 9.17) is 27.9 Å². The Bertz CT molecular complexity index is 1050. The number of cyclic esters (lactones) is 1. The van der Waals surface area contributed by atoms with Gasteiger partial charge < -0.3 is 9.47 Å². The molecule has 32 heavy (non-hydrogen) atoms. The fourth-order valence-corrected chi connectivity index (χ4v) is 3.83. The predicted octanol–water partition coefficient (Wildman–Crippen LogP) is 4.01. The van der Waals surface area contributed by atoms with E-state index in [0.717, 1.165) is 5.01 Å². The second kappa shape index (κ2) is 9.17. The molecular formula is C20H16Cl2F2N4O4. The van der Waals surface area contributed by atoms with Gasteiger partial charge in [0.05, 0.1) is 29.5 Å². The molecule has 2 aromatic rings. The molecule has 4 rings (SSSR count). The highest BCUT2D eigenvalue weighted by molar-refractivity contribution is 6.32. The molecule has 0 aromatic heterocycles. The molecule has 8 nitrogen and oxygen atoms in total. The van der Waals surface area contributed by atoms with Crippen LogP contribution in [0.3, 0.4) is 0 Å². The van der Waals surface area contributed by atoms with Crippen LogP contribution in [-0.4, -0.2) is 60.6 Å². The summed E-state index contributed by atoms with van der Waals surface area (Å²) in [5.41, 5.74) is 1.53. The zero-order valence-electron chi connectivity index (χ0n) is 16.3. The van der Waals surface area contributed by atoms with Gasteiger partial charge >= 0.3 is 12.7 Å². The molecule has 0 N–H and O–H groups in total. The van der Waals surface area contributed by atoms with Gasteiger partial charge in [0, 0.05) is 10.6 Å². The van der Waals surface area contributed by atoms with Crippen LogP contribution in [0.4, 0.5) is 19.3 Å². The summed E-state index contributed by atoms with van der Waals surface area (Å²) in [6.45, 7) is -2.26. The lowest BCUT2D eigenvalue weighted by molar-refractivity contribution is -0.110. The molecule has 0 radical (unpaired) electrons. The Labute approximate surface area is 191 Å². The fourth-order valence-electron chi connectivity index (χ4n) is 3.49. The van der Waals surface area contributed by atoms with E-state index in [9.17, 15) is 18.4 Å². The Morgan fingerprint density at radius 3 is 2.56 bits per heavy atom. The largest absolute Gasteiger partial charge is 0.448 e. The molecule has 2 aliphatic rings. The number of hydrogen-bond acceptors (Lipinski definition) is 6. The first-order valence-electron chi connectivity index (χ1n) is 9.41. The van der Waals surface area contributed by atoms with Gasteiger partial charge in [0.15, 0.2) is 0 Å². The average Bonchev–Trinajstić information content (AvgIpc) is 3.37. The summed E-state index contributed by atoms with van der Waals surface area (Å²) in [6, 6.07) is 10.4. The Morgan fingerprint density at radius 1 is 1.22 bits per heavy atom. The lowest BCUT2D eigenvalue weighted by Crippen LogP contribution is -2.46. The van der Waals surface area contributed by atoms with Gasteiger partial charge in [-0.05, 0) is 30.3 Å². The van der Waals surface area contributed by atoms with Crippen LogP contribution < -0.4 is 9.75 Å². The minimum Gasteiger partial charge on any atom is -0.448 e. The Hall–Kier alpha value is -3.11. The monoisotopic (exact) mass is 484 g/mol. The van der Waals surface area contributed by atoms with Gasteiger partial charge in [0.25, 0.3) is 0 Å². The summed E-state index contributed by atoms with van der Waals surface area (Å²) >= 11 is 12.0. The predicted molar refractivity (Wildman–Crippen MR) is 113 cm³/mol. The Morgan fingerprint density at radius 2 is 1.97 bits per heavy atom. The second-order valence-electron chi connectivity index (χ2n) is 6.81. The van der Waals surface area contributed by atoms with Crippen molar-refractivity contribution in [3.05, 3.63) is 58.1 Å². The topological polar surface area (TPSA) is 74.7 Å². The summed E-state index contributed by atoms with van der Waals surface area (Å²) < 4.78 is 34.4. The average molecular weight is 485 g/mol. The molecule has 1 saturated heterocycles. The standard InChI is InChI=1S/C20H16Cl2F2N4O4/c21-13-3-1-12(2-4-13)18-16(26-7-8-31-20(26)30)10-28(25-18)27(11-29)14-5-6-17(15(22)9-14)32-19(23)24/h1-6,9,11,16,19H,7-8,10H2. The summed E-state index contributed by atoms with van der Waals surface area (Å²) in [5, 5.41) is 7.52. The molecule has 168 valence electrons. The molecule has 0 saturated carbocycles. The van der Waals surface area contributed by atoms with Crippen LogP contribution in [0.5, 0.6) is 5.75 Å². The number of ether oxygens (including phenoxy) is 2. The molecule has 2 heterocycles.